The summed E-state index contributed by atoms with van der Waals surface area (Å²) in [7, 11) is 1.52. The second-order valence-corrected chi connectivity index (χ2v) is 7.54. The molecular weight excluding hydrogens is 398 g/mol. The van der Waals surface area contributed by atoms with Gasteiger partial charge in [0.2, 0.25) is 5.91 Å². The van der Waals surface area contributed by atoms with Crippen molar-refractivity contribution >= 4 is 22.8 Å². The van der Waals surface area contributed by atoms with Gasteiger partial charge < -0.3 is 18.8 Å². The van der Waals surface area contributed by atoms with Gasteiger partial charge in [0.05, 0.1) is 13.0 Å². The van der Waals surface area contributed by atoms with Crippen LogP contribution in [-0.4, -0.2) is 37.0 Å². The SMILES string of the molecule is COc1ccc2c(COC(=O)[C@H]3CC(=O)N(CCc4ccccc4)C3)cc(=O)oc2c1. The molecule has 7 nitrogen and oxygen atoms in total. The van der Waals surface area contributed by atoms with E-state index < -0.39 is 17.5 Å². The number of rotatable bonds is 7. The molecule has 0 bridgehead atoms. The standard InChI is InChI=1S/C24H23NO6/c1-29-19-7-8-20-18(12-23(27)31-21(20)13-19)15-30-24(28)17-11-22(26)25(14-17)10-9-16-5-3-2-4-6-16/h2-8,12-13,17H,9-11,14-15H2,1H3/t17-/m0/s1. The molecule has 31 heavy (non-hydrogen) atoms. The third kappa shape index (κ3) is 4.77. The first kappa shape index (κ1) is 20.7. The lowest BCUT2D eigenvalue weighted by molar-refractivity contribution is -0.149. The van der Waals surface area contributed by atoms with Crippen LogP contribution in [0.1, 0.15) is 17.5 Å². The Morgan fingerprint density at radius 1 is 1.13 bits per heavy atom. The number of ether oxygens (including phenoxy) is 2. The highest BCUT2D eigenvalue weighted by Gasteiger charge is 2.35. The number of fused-ring (bicyclic) bond motifs is 1. The summed E-state index contributed by atoms with van der Waals surface area (Å²) in [4.78, 5) is 38.5. The van der Waals surface area contributed by atoms with Crippen molar-refractivity contribution in [3.8, 4) is 5.75 Å². The van der Waals surface area contributed by atoms with Crippen molar-refractivity contribution in [2.75, 3.05) is 20.2 Å². The Morgan fingerprint density at radius 3 is 2.71 bits per heavy atom. The second kappa shape index (κ2) is 9.04. The fourth-order valence-electron chi connectivity index (χ4n) is 3.78. The van der Waals surface area contributed by atoms with Gasteiger partial charge >= 0.3 is 11.6 Å². The van der Waals surface area contributed by atoms with Gasteiger partial charge in [-0.1, -0.05) is 30.3 Å². The number of amides is 1. The van der Waals surface area contributed by atoms with Crippen LogP contribution in [0.3, 0.4) is 0 Å². The van der Waals surface area contributed by atoms with E-state index in [2.05, 4.69) is 0 Å². The molecule has 7 heteroatoms. The van der Waals surface area contributed by atoms with Crippen LogP contribution in [0.15, 0.2) is 63.8 Å². The van der Waals surface area contributed by atoms with Gasteiger partial charge in [0.15, 0.2) is 0 Å². The van der Waals surface area contributed by atoms with Crippen molar-refractivity contribution in [3.05, 3.63) is 76.1 Å². The van der Waals surface area contributed by atoms with Gasteiger partial charge in [0, 0.05) is 42.6 Å². The lowest BCUT2D eigenvalue weighted by atomic mass is 10.1. The molecule has 0 aliphatic carbocycles. The Hall–Kier alpha value is -3.61. The van der Waals surface area contributed by atoms with Crippen molar-refractivity contribution in [3.63, 3.8) is 0 Å². The number of esters is 1. The van der Waals surface area contributed by atoms with E-state index in [1.165, 1.54) is 13.2 Å². The maximum Gasteiger partial charge on any atom is 0.336 e. The maximum atomic E-state index is 12.6. The third-order valence-corrected chi connectivity index (χ3v) is 5.47. The second-order valence-electron chi connectivity index (χ2n) is 7.54. The van der Waals surface area contributed by atoms with Crippen LogP contribution in [0.25, 0.3) is 11.0 Å². The first-order valence-electron chi connectivity index (χ1n) is 10.1. The first-order chi connectivity index (χ1) is 15.0. The quantitative estimate of drug-likeness (QED) is 0.431. The molecule has 2 heterocycles. The Kier molecular flexibility index (Phi) is 6.02. The monoisotopic (exact) mass is 421 g/mol. The van der Waals surface area contributed by atoms with Gasteiger partial charge in [-0.25, -0.2) is 4.79 Å². The van der Waals surface area contributed by atoms with Crippen molar-refractivity contribution in [2.24, 2.45) is 5.92 Å². The lowest BCUT2D eigenvalue weighted by Gasteiger charge is -2.16. The zero-order chi connectivity index (χ0) is 21.8. The summed E-state index contributed by atoms with van der Waals surface area (Å²) in [5, 5.41) is 0.667. The number of hydrogen-bond donors (Lipinski definition) is 0. The Morgan fingerprint density at radius 2 is 1.94 bits per heavy atom. The van der Waals surface area contributed by atoms with Gasteiger partial charge in [-0.05, 0) is 24.1 Å². The Labute approximate surface area is 179 Å². The van der Waals surface area contributed by atoms with Crippen LogP contribution in [-0.2, 0) is 27.4 Å². The number of carbonyl (C=O) groups excluding carboxylic acids is 2. The first-order valence-corrected chi connectivity index (χ1v) is 10.1. The summed E-state index contributed by atoms with van der Waals surface area (Å²) in [6.45, 7) is 0.847. The van der Waals surface area contributed by atoms with E-state index in [-0.39, 0.29) is 18.9 Å². The van der Waals surface area contributed by atoms with Crippen LogP contribution in [0.4, 0.5) is 0 Å². The van der Waals surface area contributed by atoms with Crippen LogP contribution >= 0.6 is 0 Å². The highest BCUT2D eigenvalue weighted by molar-refractivity contribution is 5.87. The molecule has 0 N–H and O–H groups in total. The van der Waals surface area contributed by atoms with Gasteiger partial charge in [0.1, 0.15) is 17.9 Å². The van der Waals surface area contributed by atoms with Crippen LogP contribution in [0.5, 0.6) is 5.75 Å². The Bertz CT molecular complexity index is 1150. The Balaban J connectivity index is 1.38. The van der Waals surface area contributed by atoms with E-state index in [1.807, 2.05) is 30.3 Å². The average Bonchev–Trinajstić information content (AvgIpc) is 3.16. The normalized spacial score (nSPS) is 16.0. The number of carbonyl (C=O) groups is 2. The molecule has 1 fully saturated rings. The molecule has 1 aliphatic heterocycles. The minimum Gasteiger partial charge on any atom is -0.497 e. The van der Waals surface area contributed by atoms with E-state index in [1.54, 1.807) is 23.1 Å². The number of methoxy groups -OCH3 is 1. The summed E-state index contributed by atoms with van der Waals surface area (Å²) in [6.07, 6.45) is 0.881. The zero-order valence-electron chi connectivity index (χ0n) is 17.2. The predicted molar refractivity (Wildman–Crippen MR) is 114 cm³/mol. The van der Waals surface area contributed by atoms with E-state index in [0.717, 1.165) is 12.0 Å². The average molecular weight is 421 g/mol. The van der Waals surface area contributed by atoms with Crippen LogP contribution in [0, 0.1) is 5.92 Å². The van der Waals surface area contributed by atoms with Crippen molar-refractivity contribution in [1.82, 2.24) is 4.90 Å². The van der Waals surface area contributed by atoms with E-state index in [0.29, 0.717) is 35.4 Å². The summed E-state index contributed by atoms with van der Waals surface area (Å²) < 4.78 is 15.8. The molecule has 1 atom stereocenters. The largest absolute Gasteiger partial charge is 0.497 e. The van der Waals surface area contributed by atoms with Crippen LogP contribution < -0.4 is 10.4 Å². The van der Waals surface area contributed by atoms with Crippen molar-refractivity contribution in [2.45, 2.75) is 19.4 Å². The predicted octanol–water partition coefficient (Wildman–Crippen LogP) is 2.94. The summed E-state index contributed by atoms with van der Waals surface area (Å²) in [6, 6.07) is 16.3. The molecule has 1 saturated heterocycles. The molecule has 0 radical (unpaired) electrons. The lowest BCUT2D eigenvalue weighted by Crippen LogP contribution is -2.28. The molecule has 0 saturated carbocycles. The number of benzene rings is 2. The minimum absolute atomic E-state index is 0.0456. The maximum absolute atomic E-state index is 12.6. The fourth-order valence-corrected chi connectivity index (χ4v) is 3.78. The summed E-state index contributed by atoms with van der Waals surface area (Å²) in [5.74, 6) is -0.430. The van der Waals surface area contributed by atoms with Gasteiger partial charge in [-0.3, -0.25) is 9.59 Å². The van der Waals surface area contributed by atoms with Crippen LogP contribution in [0.2, 0.25) is 0 Å². The smallest absolute Gasteiger partial charge is 0.336 e. The van der Waals surface area contributed by atoms with E-state index in [4.69, 9.17) is 13.9 Å². The molecule has 160 valence electrons. The van der Waals surface area contributed by atoms with Crippen molar-refractivity contribution < 1.29 is 23.5 Å². The van der Waals surface area contributed by atoms with Gasteiger partial charge in [0.25, 0.3) is 0 Å². The molecule has 3 aromatic rings. The number of nitrogens with zero attached hydrogens (tertiary/aromatic N) is 1. The molecule has 2 aromatic carbocycles. The van der Waals surface area contributed by atoms with E-state index >= 15 is 0 Å². The topological polar surface area (TPSA) is 86.0 Å². The van der Waals surface area contributed by atoms with Gasteiger partial charge in [-0.2, -0.15) is 0 Å². The fraction of sp³-hybridized carbons (Fsp3) is 0.292. The highest BCUT2D eigenvalue weighted by Crippen LogP contribution is 2.24. The molecule has 4 rings (SSSR count). The number of likely N-dealkylation sites (tertiary alicyclic amines) is 1. The minimum atomic E-state index is -0.532. The van der Waals surface area contributed by atoms with Gasteiger partial charge in [-0.15, -0.1) is 0 Å². The molecule has 1 amide bonds. The van der Waals surface area contributed by atoms with E-state index in [9.17, 15) is 14.4 Å². The zero-order valence-corrected chi connectivity index (χ0v) is 17.2. The molecule has 0 spiro atoms. The summed E-state index contributed by atoms with van der Waals surface area (Å²) >= 11 is 0. The molecule has 1 aliphatic rings. The number of hydrogen-bond acceptors (Lipinski definition) is 6. The van der Waals surface area contributed by atoms with Crippen molar-refractivity contribution in [1.29, 1.82) is 0 Å². The molecular formula is C24H23NO6. The molecule has 0 unspecified atom stereocenters. The third-order valence-electron chi connectivity index (χ3n) is 5.47. The highest BCUT2D eigenvalue weighted by atomic mass is 16.5. The summed E-state index contributed by atoms with van der Waals surface area (Å²) in [5.41, 5.74) is 1.52. The molecule has 1 aromatic heterocycles.